The summed E-state index contributed by atoms with van der Waals surface area (Å²) in [6, 6.07) is 0. The molecule has 1 heterocycles. The summed E-state index contributed by atoms with van der Waals surface area (Å²) in [5.41, 5.74) is 0.343. The summed E-state index contributed by atoms with van der Waals surface area (Å²) in [6.45, 7) is 11.1. The SMILES string of the molecule is CC(C)(C)N1CC[N-]CC1.[Y]. The second kappa shape index (κ2) is 4.91. The van der Waals surface area contributed by atoms with Gasteiger partial charge < -0.3 is 10.2 Å². The molecule has 2 nitrogen and oxygen atoms in total. The third-order valence-corrected chi connectivity index (χ3v) is 2.00. The minimum atomic E-state index is 0. The first kappa shape index (κ1) is 12.0. The van der Waals surface area contributed by atoms with Gasteiger partial charge in [0, 0.05) is 38.2 Å². The maximum atomic E-state index is 4.30. The quantitative estimate of drug-likeness (QED) is 0.616. The van der Waals surface area contributed by atoms with E-state index in [1.807, 2.05) is 0 Å². The molecule has 0 atom stereocenters. The van der Waals surface area contributed by atoms with Crippen LogP contribution in [0.1, 0.15) is 20.8 Å². The second-order valence-electron chi connectivity index (χ2n) is 3.83. The summed E-state index contributed by atoms with van der Waals surface area (Å²) < 4.78 is 0. The molecule has 0 aromatic rings. The van der Waals surface area contributed by atoms with Gasteiger partial charge in [0.1, 0.15) is 0 Å². The Balaban J connectivity index is 0.000001000. The molecule has 0 spiro atoms. The molecule has 0 aromatic carbocycles. The minimum absolute atomic E-state index is 0. The van der Waals surface area contributed by atoms with Crippen molar-refractivity contribution in [3.63, 3.8) is 0 Å². The van der Waals surface area contributed by atoms with Crippen molar-refractivity contribution in [1.29, 1.82) is 0 Å². The van der Waals surface area contributed by atoms with Crippen LogP contribution in [0.2, 0.25) is 0 Å². The third-order valence-electron chi connectivity index (χ3n) is 2.00. The first-order chi connectivity index (χ1) is 4.61. The van der Waals surface area contributed by atoms with Crippen LogP contribution in [0.15, 0.2) is 0 Å². The molecule has 63 valence electrons. The maximum Gasteiger partial charge on any atom is 0.0123 e. The van der Waals surface area contributed by atoms with Crippen LogP contribution in [-0.2, 0) is 32.7 Å². The Kier molecular flexibility index (Phi) is 5.36. The molecule has 1 rings (SSSR count). The molecule has 0 saturated carbocycles. The number of hydrogen-bond donors (Lipinski definition) is 0. The van der Waals surface area contributed by atoms with Crippen LogP contribution in [0.5, 0.6) is 0 Å². The normalized spacial score (nSPS) is 21.0. The van der Waals surface area contributed by atoms with Crippen LogP contribution in [0.4, 0.5) is 0 Å². The first-order valence-electron chi connectivity index (χ1n) is 3.99. The molecule has 0 aromatic heterocycles. The molecule has 1 aliphatic heterocycles. The Bertz CT molecular complexity index is 103. The van der Waals surface area contributed by atoms with Crippen molar-refractivity contribution in [2.75, 3.05) is 26.2 Å². The van der Waals surface area contributed by atoms with Gasteiger partial charge in [-0.1, -0.05) is 0 Å². The molecule has 3 heteroatoms. The Morgan fingerprint density at radius 3 is 1.82 bits per heavy atom. The fourth-order valence-electron chi connectivity index (χ4n) is 1.28. The van der Waals surface area contributed by atoms with Crippen molar-refractivity contribution in [1.82, 2.24) is 4.90 Å². The maximum absolute atomic E-state index is 4.30. The molecule has 1 radical (unpaired) electrons. The zero-order valence-electron chi connectivity index (χ0n) is 7.80. The van der Waals surface area contributed by atoms with Crippen LogP contribution >= 0.6 is 0 Å². The van der Waals surface area contributed by atoms with Crippen molar-refractivity contribution >= 4 is 0 Å². The van der Waals surface area contributed by atoms with Crippen molar-refractivity contribution in [2.24, 2.45) is 0 Å². The molecule has 11 heavy (non-hydrogen) atoms. The molecule has 0 amide bonds. The Morgan fingerprint density at radius 2 is 1.55 bits per heavy atom. The van der Waals surface area contributed by atoms with Gasteiger partial charge >= 0.3 is 0 Å². The van der Waals surface area contributed by atoms with E-state index in [1.54, 1.807) is 0 Å². The summed E-state index contributed by atoms with van der Waals surface area (Å²) in [7, 11) is 0. The summed E-state index contributed by atoms with van der Waals surface area (Å²) in [4.78, 5) is 2.49. The third kappa shape index (κ3) is 3.98. The summed E-state index contributed by atoms with van der Waals surface area (Å²) >= 11 is 0. The van der Waals surface area contributed by atoms with Gasteiger partial charge in [0.2, 0.25) is 0 Å². The van der Waals surface area contributed by atoms with Crippen molar-refractivity contribution < 1.29 is 32.7 Å². The van der Waals surface area contributed by atoms with E-state index < -0.39 is 0 Å². The predicted octanol–water partition coefficient (Wildman–Crippen LogP) is 1.47. The number of rotatable bonds is 0. The number of nitrogens with zero attached hydrogens (tertiary/aromatic N) is 2. The van der Waals surface area contributed by atoms with E-state index in [0.717, 1.165) is 26.2 Å². The predicted molar refractivity (Wildman–Crippen MR) is 44.4 cm³/mol. The summed E-state index contributed by atoms with van der Waals surface area (Å²) in [5, 5.41) is 4.30. The van der Waals surface area contributed by atoms with E-state index in [2.05, 4.69) is 31.0 Å². The van der Waals surface area contributed by atoms with E-state index in [-0.39, 0.29) is 32.7 Å². The van der Waals surface area contributed by atoms with E-state index in [4.69, 9.17) is 0 Å². The van der Waals surface area contributed by atoms with Gasteiger partial charge in [0.05, 0.1) is 0 Å². The average Bonchev–Trinajstić information content (AvgIpc) is 1.88. The van der Waals surface area contributed by atoms with Crippen LogP contribution in [-0.4, -0.2) is 36.6 Å². The van der Waals surface area contributed by atoms with Gasteiger partial charge in [-0.2, -0.15) is 0 Å². The van der Waals surface area contributed by atoms with Crippen molar-refractivity contribution in [3.05, 3.63) is 5.32 Å². The monoisotopic (exact) mass is 230 g/mol. The average molecular weight is 230 g/mol. The summed E-state index contributed by atoms with van der Waals surface area (Å²) in [5.74, 6) is 0. The first-order valence-corrected chi connectivity index (χ1v) is 3.99. The molecular formula is C8H17N2Y-. The zero-order valence-corrected chi connectivity index (χ0v) is 10.6. The van der Waals surface area contributed by atoms with E-state index in [1.165, 1.54) is 0 Å². The van der Waals surface area contributed by atoms with Gasteiger partial charge in [-0.3, -0.25) is 0 Å². The van der Waals surface area contributed by atoms with Crippen LogP contribution in [0, 0.1) is 0 Å². The second-order valence-corrected chi connectivity index (χ2v) is 3.83. The van der Waals surface area contributed by atoms with Gasteiger partial charge in [0.15, 0.2) is 0 Å². The minimum Gasteiger partial charge on any atom is -0.660 e. The topological polar surface area (TPSA) is 17.3 Å². The largest absolute Gasteiger partial charge is 0.660 e. The van der Waals surface area contributed by atoms with Gasteiger partial charge in [0.25, 0.3) is 0 Å². The Labute approximate surface area is 95.0 Å². The summed E-state index contributed by atoms with van der Waals surface area (Å²) in [6.07, 6.45) is 0. The molecule has 1 fully saturated rings. The Hall–Kier alpha value is 1.02. The molecule has 0 N–H and O–H groups in total. The zero-order chi connectivity index (χ0) is 7.61. The van der Waals surface area contributed by atoms with Crippen LogP contribution < -0.4 is 0 Å². The van der Waals surface area contributed by atoms with Crippen LogP contribution in [0.3, 0.4) is 0 Å². The standard InChI is InChI=1S/C8H17N2.Y/c1-8(2,3)10-6-4-9-5-7-10;/h4-7H2,1-3H3;/q-1;. The fraction of sp³-hybridized carbons (Fsp3) is 1.00. The van der Waals surface area contributed by atoms with Crippen molar-refractivity contribution in [2.45, 2.75) is 26.3 Å². The van der Waals surface area contributed by atoms with E-state index in [0.29, 0.717) is 5.54 Å². The Morgan fingerprint density at radius 1 is 1.09 bits per heavy atom. The van der Waals surface area contributed by atoms with Crippen molar-refractivity contribution in [3.8, 4) is 0 Å². The molecule has 1 saturated heterocycles. The number of piperazine rings is 1. The molecule has 0 aliphatic carbocycles. The molecule has 0 unspecified atom stereocenters. The number of hydrogen-bond acceptors (Lipinski definition) is 1. The van der Waals surface area contributed by atoms with Gasteiger partial charge in [-0.25, -0.2) is 0 Å². The molecule has 1 aliphatic rings. The van der Waals surface area contributed by atoms with Gasteiger partial charge in [-0.15, -0.1) is 13.1 Å². The van der Waals surface area contributed by atoms with E-state index in [9.17, 15) is 0 Å². The molecule has 0 bridgehead atoms. The van der Waals surface area contributed by atoms with E-state index >= 15 is 0 Å². The van der Waals surface area contributed by atoms with Gasteiger partial charge in [-0.05, 0) is 33.9 Å². The fourth-order valence-corrected chi connectivity index (χ4v) is 1.28. The molecular weight excluding hydrogens is 213 g/mol. The van der Waals surface area contributed by atoms with Crippen LogP contribution in [0.25, 0.3) is 5.32 Å². The smallest absolute Gasteiger partial charge is 0.0123 e.